The van der Waals surface area contributed by atoms with Gasteiger partial charge in [0.15, 0.2) is 0 Å². The highest BCUT2D eigenvalue weighted by Crippen LogP contribution is 2.14. The van der Waals surface area contributed by atoms with Crippen molar-refractivity contribution in [3.63, 3.8) is 0 Å². The third-order valence-electron chi connectivity index (χ3n) is 6.25. The van der Waals surface area contributed by atoms with Crippen molar-refractivity contribution in [2.24, 2.45) is 0 Å². The van der Waals surface area contributed by atoms with E-state index in [4.69, 9.17) is 4.74 Å². The zero-order chi connectivity index (χ0) is 25.2. The summed E-state index contributed by atoms with van der Waals surface area (Å²) in [7, 11) is 1.27. The first-order valence-electron chi connectivity index (χ1n) is 11.9. The Labute approximate surface area is 206 Å². The number of hydrogen-bond donors (Lipinski definition) is 1. The van der Waals surface area contributed by atoms with Gasteiger partial charge in [0, 0.05) is 32.5 Å². The van der Waals surface area contributed by atoms with Gasteiger partial charge in [-0.25, -0.2) is 4.79 Å². The lowest BCUT2D eigenvalue weighted by atomic mass is 10.1. The number of carbonyl (C=O) groups excluding carboxylic acids is 4. The van der Waals surface area contributed by atoms with Crippen LogP contribution in [0.4, 0.5) is 0 Å². The average Bonchev–Trinajstić information content (AvgIpc) is 3.05. The number of ether oxygens (including phenoxy) is 1. The van der Waals surface area contributed by atoms with Crippen molar-refractivity contribution in [2.75, 3.05) is 26.7 Å². The summed E-state index contributed by atoms with van der Waals surface area (Å²) in [5, 5.41) is 2.80. The average molecular weight is 480 g/mol. The van der Waals surface area contributed by atoms with Crippen LogP contribution in [0, 0.1) is 0 Å². The summed E-state index contributed by atoms with van der Waals surface area (Å²) in [4.78, 5) is 54.2. The molecule has 1 N–H and O–H groups in total. The van der Waals surface area contributed by atoms with Gasteiger partial charge >= 0.3 is 5.97 Å². The normalized spacial score (nSPS) is 16.9. The molecule has 0 saturated carbocycles. The molecule has 186 valence electrons. The summed E-state index contributed by atoms with van der Waals surface area (Å²) in [5.41, 5.74) is 2.08. The lowest BCUT2D eigenvalue weighted by Gasteiger charge is -2.28. The summed E-state index contributed by atoms with van der Waals surface area (Å²) in [6.45, 7) is 2.11. The molecule has 1 aliphatic rings. The molecule has 2 aromatic carbocycles. The molecule has 0 aromatic heterocycles. The van der Waals surface area contributed by atoms with Crippen molar-refractivity contribution in [1.29, 1.82) is 0 Å². The maximum atomic E-state index is 13.3. The Bertz CT molecular complexity index is 1010. The fraction of sp³-hybridized carbons (Fsp3) is 0.407. The van der Waals surface area contributed by atoms with Crippen molar-refractivity contribution in [2.45, 2.75) is 44.7 Å². The van der Waals surface area contributed by atoms with E-state index in [0.29, 0.717) is 19.3 Å². The number of amides is 3. The Balaban J connectivity index is 1.69. The zero-order valence-electron chi connectivity index (χ0n) is 20.3. The van der Waals surface area contributed by atoms with Crippen molar-refractivity contribution >= 4 is 23.7 Å². The van der Waals surface area contributed by atoms with Gasteiger partial charge in [-0.3, -0.25) is 14.4 Å². The Morgan fingerprint density at radius 1 is 0.943 bits per heavy atom. The first kappa shape index (κ1) is 25.9. The molecule has 0 aliphatic carbocycles. The van der Waals surface area contributed by atoms with Crippen molar-refractivity contribution < 1.29 is 23.9 Å². The molecule has 0 bridgehead atoms. The smallest absolute Gasteiger partial charge is 0.328 e. The summed E-state index contributed by atoms with van der Waals surface area (Å²) >= 11 is 0. The van der Waals surface area contributed by atoms with Gasteiger partial charge < -0.3 is 19.9 Å². The Morgan fingerprint density at radius 3 is 2.09 bits per heavy atom. The van der Waals surface area contributed by atoms with E-state index in [2.05, 4.69) is 5.32 Å². The van der Waals surface area contributed by atoms with Crippen LogP contribution in [0.5, 0.6) is 0 Å². The van der Waals surface area contributed by atoms with Gasteiger partial charge in [0.1, 0.15) is 12.1 Å². The number of rotatable bonds is 9. The van der Waals surface area contributed by atoms with Crippen molar-refractivity contribution in [3.8, 4) is 0 Å². The second kappa shape index (κ2) is 12.7. The fourth-order valence-corrected chi connectivity index (χ4v) is 4.17. The molecule has 0 radical (unpaired) electrons. The van der Waals surface area contributed by atoms with E-state index in [1.807, 2.05) is 60.7 Å². The number of esters is 1. The van der Waals surface area contributed by atoms with Crippen LogP contribution in [0.1, 0.15) is 30.9 Å². The molecule has 1 fully saturated rings. The Hall–Kier alpha value is -3.68. The molecular formula is C27H33N3O5. The van der Waals surface area contributed by atoms with Crippen LogP contribution in [0.2, 0.25) is 0 Å². The maximum absolute atomic E-state index is 13.3. The van der Waals surface area contributed by atoms with Crippen molar-refractivity contribution in [1.82, 2.24) is 15.1 Å². The Morgan fingerprint density at radius 2 is 1.51 bits per heavy atom. The first-order valence-corrected chi connectivity index (χ1v) is 11.9. The molecule has 3 rings (SSSR count). The topological polar surface area (TPSA) is 96.0 Å². The lowest BCUT2D eigenvalue weighted by Crippen LogP contribution is -2.54. The van der Waals surface area contributed by atoms with Crippen LogP contribution in [-0.2, 0) is 36.8 Å². The molecule has 8 heteroatoms. The van der Waals surface area contributed by atoms with Gasteiger partial charge in [-0.1, -0.05) is 60.7 Å². The number of nitrogens with zero attached hydrogens (tertiary/aromatic N) is 2. The van der Waals surface area contributed by atoms with E-state index in [0.717, 1.165) is 11.1 Å². The number of hydrogen-bond acceptors (Lipinski definition) is 5. The standard InChI is InChI=1S/C27H33N3O5/c1-20(27(34)35-2)30-18-17-29(25(32)16-14-22-11-7-4-8-12-22)19-23(26(30)33)28-24(31)15-13-21-9-5-3-6-10-21/h3-12,20,23H,13-19H2,1-2H3,(H,28,31). The van der Waals surface area contributed by atoms with E-state index >= 15 is 0 Å². The third kappa shape index (κ3) is 7.40. The maximum Gasteiger partial charge on any atom is 0.328 e. The summed E-state index contributed by atoms with van der Waals surface area (Å²) in [6, 6.07) is 17.6. The molecule has 2 aromatic rings. The van der Waals surface area contributed by atoms with E-state index < -0.39 is 24.0 Å². The number of benzene rings is 2. The van der Waals surface area contributed by atoms with E-state index in [-0.39, 0.29) is 37.9 Å². The van der Waals surface area contributed by atoms with Crippen LogP contribution in [0.3, 0.4) is 0 Å². The summed E-state index contributed by atoms with van der Waals surface area (Å²) < 4.78 is 4.82. The van der Waals surface area contributed by atoms with Gasteiger partial charge in [-0.2, -0.15) is 0 Å². The van der Waals surface area contributed by atoms with Gasteiger partial charge in [0.05, 0.1) is 7.11 Å². The molecule has 3 amide bonds. The molecule has 2 atom stereocenters. The highest BCUT2D eigenvalue weighted by Gasteiger charge is 2.37. The number of aryl methyl sites for hydroxylation is 2. The number of methoxy groups -OCH3 is 1. The summed E-state index contributed by atoms with van der Waals surface area (Å²) in [6.07, 6.45) is 1.62. The van der Waals surface area contributed by atoms with Gasteiger partial charge in [0.2, 0.25) is 17.7 Å². The van der Waals surface area contributed by atoms with E-state index in [9.17, 15) is 19.2 Å². The van der Waals surface area contributed by atoms with E-state index in [1.54, 1.807) is 11.8 Å². The Kier molecular flexibility index (Phi) is 9.40. The van der Waals surface area contributed by atoms with Gasteiger partial charge in [0.25, 0.3) is 0 Å². The highest BCUT2D eigenvalue weighted by atomic mass is 16.5. The minimum atomic E-state index is -0.937. The molecule has 1 saturated heterocycles. The minimum Gasteiger partial charge on any atom is -0.467 e. The monoisotopic (exact) mass is 479 g/mol. The first-order chi connectivity index (χ1) is 16.9. The SMILES string of the molecule is COC(=O)C(C)N1CCN(C(=O)CCc2ccccc2)CC(NC(=O)CCc2ccccc2)C1=O. The van der Waals surface area contributed by atoms with Crippen molar-refractivity contribution in [3.05, 3.63) is 71.8 Å². The predicted octanol–water partition coefficient (Wildman–Crippen LogP) is 1.97. The molecular weight excluding hydrogens is 446 g/mol. The highest BCUT2D eigenvalue weighted by molar-refractivity contribution is 5.92. The summed E-state index contributed by atoms with van der Waals surface area (Å²) in [5.74, 6) is -1.32. The van der Waals surface area contributed by atoms with E-state index in [1.165, 1.54) is 12.0 Å². The molecule has 2 unspecified atom stereocenters. The third-order valence-corrected chi connectivity index (χ3v) is 6.25. The minimum absolute atomic E-state index is 0.0634. The predicted molar refractivity (Wildman–Crippen MR) is 131 cm³/mol. The second-order valence-corrected chi connectivity index (χ2v) is 8.66. The van der Waals surface area contributed by atoms with Crippen LogP contribution < -0.4 is 5.32 Å². The largest absolute Gasteiger partial charge is 0.467 e. The molecule has 1 aliphatic heterocycles. The molecule has 1 heterocycles. The molecule has 0 spiro atoms. The number of nitrogens with one attached hydrogen (secondary N) is 1. The second-order valence-electron chi connectivity index (χ2n) is 8.66. The van der Waals surface area contributed by atoms with Crippen LogP contribution in [0.25, 0.3) is 0 Å². The molecule has 8 nitrogen and oxygen atoms in total. The van der Waals surface area contributed by atoms with Crippen LogP contribution in [-0.4, -0.2) is 72.3 Å². The quantitative estimate of drug-likeness (QED) is 0.555. The van der Waals surface area contributed by atoms with Crippen LogP contribution >= 0.6 is 0 Å². The molecule has 35 heavy (non-hydrogen) atoms. The number of carbonyl (C=O) groups is 4. The van der Waals surface area contributed by atoms with Crippen LogP contribution in [0.15, 0.2) is 60.7 Å². The lowest BCUT2D eigenvalue weighted by molar-refractivity contribution is -0.152. The zero-order valence-corrected chi connectivity index (χ0v) is 20.3. The van der Waals surface area contributed by atoms with Gasteiger partial charge in [-0.05, 0) is 30.9 Å². The fourth-order valence-electron chi connectivity index (χ4n) is 4.17. The van der Waals surface area contributed by atoms with Gasteiger partial charge in [-0.15, -0.1) is 0 Å².